The summed E-state index contributed by atoms with van der Waals surface area (Å²) in [7, 11) is 1.70. The van der Waals surface area contributed by atoms with Crippen molar-refractivity contribution in [1.82, 2.24) is 10.2 Å². The molecule has 1 N–H and O–H groups in total. The Balaban J connectivity index is 1.15. The molecule has 0 atom stereocenters. The quantitative estimate of drug-likeness (QED) is 0.623. The third kappa shape index (κ3) is 5.97. The lowest BCUT2D eigenvalue weighted by Crippen LogP contribution is -2.46. The summed E-state index contributed by atoms with van der Waals surface area (Å²) in [4.78, 5) is 4.99. The number of anilines is 1. The van der Waals surface area contributed by atoms with Crippen LogP contribution in [-0.2, 0) is 6.54 Å². The van der Waals surface area contributed by atoms with E-state index in [1.165, 1.54) is 5.69 Å². The minimum Gasteiger partial charge on any atom is -0.497 e. The van der Waals surface area contributed by atoms with Gasteiger partial charge < -0.3 is 24.4 Å². The summed E-state index contributed by atoms with van der Waals surface area (Å²) in [5.74, 6) is 2.34. The first-order valence-electron chi connectivity index (χ1n) is 11.1. The standard InChI is InChI=1S/C24H32ClN3O3/c1-29-21-6-4-20(5-7-21)28-12-10-27(11-13-28)9-2-8-26-18-19-16-22(25)24-23(17-19)30-14-3-15-31-24/h4-7,16-17,26H,2-3,8-15,18H2,1H3. The first-order chi connectivity index (χ1) is 15.2. The zero-order valence-corrected chi connectivity index (χ0v) is 19.0. The highest BCUT2D eigenvalue weighted by molar-refractivity contribution is 6.32. The van der Waals surface area contributed by atoms with Crippen molar-refractivity contribution in [3.8, 4) is 17.2 Å². The molecular weight excluding hydrogens is 414 g/mol. The molecule has 1 fully saturated rings. The maximum absolute atomic E-state index is 6.38. The van der Waals surface area contributed by atoms with Crippen LogP contribution in [0.2, 0.25) is 5.02 Å². The molecule has 0 amide bonds. The second-order valence-electron chi connectivity index (χ2n) is 8.01. The average Bonchev–Trinajstić information content (AvgIpc) is 3.05. The zero-order chi connectivity index (χ0) is 21.5. The maximum atomic E-state index is 6.38. The number of halogens is 1. The van der Waals surface area contributed by atoms with Gasteiger partial charge in [0.1, 0.15) is 5.75 Å². The van der Waals surface area contributed by atoms with E-state index in [1.54, 1.807) is 7.11 Å². The summed E-state index contributed by atoms with van der Waals surface area (Å²) >= 11 is 6.38. The van der Waals surface area contributed by atoms with E-state index in [-0.39, 0.29) is 0 Å². The number of fused-ring (bicyclic) bond motifs is 1. The molecule has 0 bridgehead atoms. The van der Waals surface area contributed by atoms with E-state index in [9.17, 15) is 0 Å². The minimum absolute atomic E-state index is 0.630. The maximum Gasteiger partial charge on any atom is 0.179 e. The van der Waals surface area contributed by atoms with Crippen LogP contribution in [0.1, 0.15) is 18.4 Å². The van der Waals surface area contributed by atoms with Crippen LogP contribution in [0.25, 0.3) is 0 Å². The smallest absolute Gasteiger partial charge is 0.179 e. The molecule has 2 aromatic carbocycles. The van der Waals surface area contributed by atoms with Crippen LogP contribution in [0.5, 0.6) is 17.2 Å². The Morgan fingerprint density at radius 2 is 1.81 bits per heavy atom. The molecule has 2 aromatic rings. The lowest BCUT2D eigenvalue weighted by atomic mass is 10.2. The van der Waals surface area contributed by atoms with E-state index in [0.29, 0.717) is 24.0 Å². The Morgan fingerprint density at radius 1 is 1.03 bits per heavy atom. The molecule has 2 aliphatic heterocycles. The fourth-order valence-electron chi connectivity index (χ4n) is 4.07. The largest absolute Gasteiger partial charge is 0.497 e. The summed E-state index contributed by atoms with van der Waals surface area (Å²) in [6.45, 7) is 8.53. The van der Waals surface area contributed by atoms with Crippen LogP contribution in [0, 0.1) is 0 Å². The third-order valence-electron chi connectivity index (χ3n) is 5.83. The normalized spacial score (nSPS) is 16.8. The van der Waals surface area contributed by atoms with Gasteiger partial charge in [-0.15, -0.1) is 0 Å². The van der Waals surface area contributed by atoms with Gasteiger partial charge in [-0.05, 0) is 61.5 Å². The molecule has 0 spiro atoms. The van der Waals surface area contributed by atoms with Crippen molar-refractivity contribution < 1.29 is 14.2 Å². The zero-order valence-electron chi connectivity index (χ0n) is 18.2. The van der Waals surface area contributed by atoms with Crippen LogP contribution >= 0.6 is 11.6 Å². The van der Waals surface area contributed by atoms with Gasteiger partial charge in [-0.25, -0.2) is 0 Å². The SMILES string of the molecule is COc1ccc(N2CCN(CCCNCc3cc(Cl)c4c(c3)OCCCO4)CC2)cc1. The van der Waals surface area contributed by atoms with E-state index >= 15 is 0 Å². The summed E-state index contributed by atoms with van der Waals surface area (Å²) in [5, 5.41) is 4.16. The molecule has 0 unspecified atom stereocenters. The molecule has 0 aromatic heterocycles. The van der Waals surface area contributed by atoms with Crippen molar-refractivity contribution in [2.75, 3.05) is 64.5 Å². The fraction of sp³-hybridized carbons (Fsp3) is 0.500. The highest BCUT2D eigenvalue weighted by Gasteiger charge is 2.17. The molecule has 168 valence electrons. The number of nitrogens with zero attached hydrogens (tertiary/aromatic N) is 2. The van der Waals surface area contributed by atoms with E-state index in [2.05, 4.69) is 27.2 Å². The van der Waals surface area contributed by atoms with Crippen LogP contribution < -0.4 is 24.4 Å². The topological polar surface area (TPSA) is 46.2 Å². The summed E-state index contributed by atoms with van der Waals surface area (Å²) in [6.07, 6.45) is 2.01. The number of benzene rings is 2. The van der Waals surface area contributed by atoms with Gasteiger partial charge in [0.2, 0.25) is 0 Å². The second kappa shape index (κ2) is 10.9. The van der Waals surface area contributed by atoms with Gasteiger partial charge in [0, 0.05) is 44.8 Å². The van der Waals surface area contributed by atoms with Crippen molar-refractivity contribution in [1.29, 1.82) is 0 Å². The molecule has 6 nitrogen and oxygen atoms in total. The molecule has 0 saturated carbocycles. The second-order valence-corrected chi connectivity index (χ2v) is 8.42. The molecule has 0 radical (unpaired) electrons. The van der Waals surface area contributed by atoms with Gasteiger partial charge in [-0.2, -0.15) is 0 Å². The Labute approximate surface area is 190 Å². The number of methoxy groups -OCH3 is 1. The molecule has 7 heteroatoms. The van der Waals surface area contributed by atoms with Crippen molar-refractivity contribution in [2.45, 2.75) is 19.4 Å². The van der Waals surface area contributed by atoms with Crippen molar-refractivity contribution in [3.63, 3.8) is 0 Å². The van der Waals surface area contributed by atoms with Crippen LogP contribution in [-0.4, -0.2) is 64.5 Å². The summed E-state index contributed by atoms with van der Waals surface area (Å²) in [5.41, 5.74) is 2.40. The third-order valence-corrected chi connectivity index (χ3v) is 6.11. The number of piperazine rings is 1. The number of ether oxygens (including phenoxy) is 3. The van der Waals surface area contributed by atoms with Gasteiger partial charge in [-0.1, -0.05) is 11.6 Å². The first kappa shape index (κ1) is 22.1. The predicted octanol–water partition coefficient (Wildman–Crippen LogP) is 3.81. The molecule has 1 saturated heterocycles. The predicted molar refractivity (Wildman–Crippen MR) is 125 cm³/mol. The van der Waals surface area contributed by atoms with E-state index in [0.717, 1.165) is 75.7 Å². The highest BCUT2D eigenvalue weighted by Crippen LogP contribution is 2.37. The van der Waals surface area contributed by atoms with Gasteiger partial charge in [0.25, 0.3) is 0 Å². The molecule has 2 aliphatic rings. The van der Waals surface area contributed by atoms with E-state index in [1.807, 2.05) is 24.3 Å². The van der Waals surface area contributed by atoms with E-state index in [4.69, 9.17) is 25.8 Å². The van der Waals surface area contributed by atoms with Gasteiger partial charge in [-0.3, -0.25) is 4.90 Å². The molecule has 2 heterocycles. The number of hydrogen-bond donors (Lipinski definition) is 1. The monoisotopic (exact) mass is 445 g/mol. The van der Waals surface area contributed by atoms with Gasteiger partial charge >= 0.3 is 0 Å². The lowest BCUT2D eigenvalue weighted by Gasteiger charge is -2.36. The minimum atomic E-state index is 0.630. The molecule has 31 heavy (non-hydrogen) atoms. The first-order valence-corrected chi connectivity index (χ1v) is 11.5. The van der Waals surface area contributed by atoms with E-state index < -0.39 is 0 Å². The van der Waals surface area contributed by atoms with Crippen LogP contribution in [0.4, 0.5) is 5.69 Å². The Hall–Kier alpha value is -2.15. The Kier molecular flexibility index (Phi) is 7.78. The van der Waals surface area contributed by atoms with Gasteiger partial charge in [0.05, 0.1) is 25.3 Å². The summed E-state index contributed by atoms with van der Waals surface area (Å²) in [6, 6.07) is 12.4. The van der Waals surface area contributed by atoms with Crippen molar-refractivity contribution in [3.05, 3.63) is 47.0 Å². The molecular formula is C24H32ClN3O3. The van der Waals surface area contributed by atoms with Crippen LogP contribution in [0.3, 0.4) is 0 Å². The average molecular weight is 446 g/mol. The fourth-order valence-corrected chi connectivity index (χ4v) is 4.36. The molecule has 4 rings (SSSR count). The lowest BCUT2D eigenvalue weighted by molar-refractivity contribution is 0.254. The Morgan fingerprint density at radius 3 is 2.58 bits per heavy atom. The van der Waals surface area contributed by atoms with Crippen molar-refractivity contribution in [2.24, 2.45) is 0 Å². The Bertz CT molecular complexity index is 839. The van der Waals surface area contributed by atoms with Gasteiger partial charge in [0.15, 0.2) is 11.5 Å². The number of nitrogens with one attached hydrogen (secondary N) is 1. The summed E-state index contributed by atoms with van der Waals surface area (Å²) < 4.78 is 16.7. The molecule has 0 aliphatic carbocycles. The van der Waals surface area contributed by atoms with Crippen molar-refractivity contribution >= 4 is 17.3 Å². The highest BCUT2D eigenvalue weighted by atomic mass is 35.5. The number of rotatable bonds is 8. The van der Waals surface area contributed by atoms with Crippen LogP contribution in [0.15, 0.2) is 36.4 Å². The number of hydrogen-bond acceptors (Lipinski definition) is 6.